The summed E-state index contributed by atoms with van der Waals surface area (Å²) in [5.41, 5.74) is 0.640. The van der Waals surface area contributed by atoms with Gasteiger partial charge in [-0.1, -0.05) is 5.21 Å². The third-order valence-corrected chi connectivity index (χ3v) is 3.58. The molecule has 11 nitrogen and oxygen atoms in total. The van der Waals surface area contributed by atoms with Gasteiger partial charge in [0.2, 0.25) is 0 Å². The highest BCUT2D eigenvalue weighted by Crippen LogP contribution is 2.30. The van der Waals surface area contributed by atoms with Crippen molar-refractivity contribution in [1.82, 2.24) is 20.0 Å². The first-order chi connectivity index (χ1) is 11.5. The summed E-state index contributed by atoms with van der Waals surface area (Å²) in [6.07, 6.45) is -5.23. The highest BCUT2D eigenvalue weighted by atomic mass is 16.6. The van der Waals surface area contributed by atoms with E-state index in [1.54, 1.807) is 13.0 Å². The standard InChI is InChI=1S/C13H17N5O6/c1-2-23-13(22)15-8-4-3-6-11(14-8)18(17-16-6)12-10(21)9(20)7(5-19)24-12/h3-4,7,9-10,12,19-21H,2,5H2,1H3,(H,14,15,22). The Morgan fingerprint density at radius 3 is 2.88 bits per heavy atom. The maximum Gasteiger partial charge on any atom is 0.412 e. The summed E-state index contributed by atoms with van der Waals surface area (Å²) < 4.78 is 11.4. The number of aliphatic hydroxyl groups is 3. The lowest BCUT2D eigenvalue weighted by Crippen LogP contribution is -2.33. The maximum absolute atomic E-state index is 11.5. The SMILES string of the molecule is CCOC(=O)Nc1ccc2nnn(C3OC(CO)C(O)C3O)c2n1. The van der Waals surface area contributed by atoms with Gasteiger partial charge >= 0.3 is 6.09 Å². The van der Waals surface area contributed by atoms with Crippen LogP contribution in [-0.2, 0) is 9.47 Å². The quantitative estimate of drug-likeness (QED) is 0.550. The number of aromatic nitrogens is 4. The number of carbonyl (C=O) groups excluding carboxylic acids is 1. The molecule has 3 heterocycles. The van der Waals surface area contributed by atoms with Gasteiger partial charge in [0.25, 0.3) is 0 Å². The third kappa shape index (κ3) is 2.89. The molecule has 0 saturated carbocycles. The molecule has 130 valence electrons. The van der Waals surface area contributed by atoms with Gasteiger partial charge in [0, 0.05) is 0 Å². The van der Waals surface area contributed by atoms with Crippen molar-refractivity contribution >= 4 is 23.1 Å². The predicted octanol–water partition coefficient (Wildman–Crippen LogP) is -0.994. The number of aliphatic hydroxyl groups excluding tert-OH is 3. The van der Waals surface area contributed by atoms with Crippen LogP contribution in [0.25, 0.3) is 11.2 Å². The Balaban J connectivity index is 1.90. The molecule has 0 radical (unpaired) electrons. The number of fused-ring (bicyclic) bond motifs is 1. The van der Waals surface area contributed by atoms with Crippen molar-refractivity contribution in [2.24, 2.45) is 0 Å². The van der Waals surface area contributed by atoms with Gasteiger partial charge in [0.15, 0.2) is 11.9 Å². The van der Waals surface area contributed by atoms with E-state index >= 15 is 0 Å². The number of anilines is 1. The molecule has 0 aromatic carbocycles. The van der Waals surface area contributed by atoms with Crippen LogP contribution in [0, 0.1) is 0 Å². The first-order valence-electron chi connectivity index (χ1n) is 7.33. The average Bonchev–Trinajstić information content (AvgIpc) is 3.09. The Hall–Kier alpha value is -2.34. The Morgan fingerprint density at radius 2 is 2.21 bits per heavy atom. The Bertz CT molecular complexity index is 737. The van der Waals surface area contributed by atoms with Crippen molar-refractivity contribution < 1.29 is 29.6 Å². The number of pyridine rings is 1. The lowest BCUT2D eigenvalue weighted by Gasteiger charge is -2.14. The van der Waals surface area contributed by atoms with Crippen LogP contribution in [0.4, 0.5) is 10.6 Å². The number of amides is 1. The van der Waals surface area contributed by atoms with E-state index in [4.69, 9.17) is 14.6 Å². The molecule has 24 heavy (non-hydrogen) atoms. The second kappa shape index (κ2) is 6.65. The van der Waals surface area contributed by atoms with Crippen LogP contribution in [0.3, 0.4) is 0 Å². The van der Waals surface area contributed by atoms with Crippen molar-refractivity contribution in [3.05, 3.63) is 12.1 Å². The highest BCUT2D eigenvalue weighted by Gasteiger charge is 2.44. The first-order valence-corrected chi connectivity index (χ1v) is 7.33. The highest BCUT2D eigenvalue weighted by molar-refractivity contribution is 5.85. The number of ether oxygens (including phenoxy) is 2. The van der Waals surface area contributed by atoms with E-state index in [9.17, 15) is 15.0 Å². The summed E-state index contributed by atoms with van der Waals surface area (Å²) in [5, 5.41) is 39.3. The van der Waals surface area contributed by atoms with Crippen LogP contribution in [0.1, 0.15) is 13.2 Å². The lowest BCUT2D eigenvalue weighted by atomic mass is 10.1. The summed E-state index contributed by atoms with van der Waals surface area (Å²) in [6, 6.07) is 3.10. The second-order valence-electron chi connectivity index (χ2n) is 5.15. The number of hydrogen-bond donors (Lipinski definition) is 4. The van der Waals surface area contributed by atoms with E-state index < -0.39 is 37.2 Å². The average molecular weight is 339 g/mol. The molecule has 1 saturated heterocycles. The summed E-state index contributed by atoms with van der Waals surface area (Å²) in [4.78, 5) is 15.7. The van der Waals surface area contributed by atoms with Gasteiger partial charge < -0.3 is 24.8 Å². The zero-order chi connectivity index (χ0) is 17.3. The normalized spacial score (nSPS) is 26.7. The summed E-state index contributed by atoms with van der Waals surface area (Å²) in [7, 11) is 0. The zero-order valence-corrected chi connectivity index (χ0v) is 12.7. The minimum atomic E-state index is -1.31. The fraction of sp³-hybridized carbons (Fsp3) is 0.538. The smallest absolute Gasteiger partial charge is 0.412 e. The van der Waals surface area contributed by atoms with Crippen molar-refractivity contribution in [1.29, 1.82) is 0 Å². The summed E-state index contributed by atoms with van der Waals surface area (Å²) >= 11 is 0. The lowest BCUT2D eigenvalue weighted by molar-refractivity contribution is -0.0574. The minimum absolute atomic E-state index is 0.205. The molecule has 1 aliphatic rings. The van der Waals surface area contributed by atoms with Crippen LogP contribution in [0.5, 0.6) is 0 Å². The molecule has 4 N–H and O–H groups in total. The summed E-state index contributed by atoms with van der Waals surface area (Å²) in [5.74, 6) is 0.205. The van der Waals surface area contributed by atoms with E-state index in [0.717, 1.165) is 0 Å². The number of nitrogens with zero attached hydrogens (tertiary/aromatic N) is 4. The van der Waals surface area contributed by atoms with Crippen molar-refractivity contribution in [2.45, 2.75) is 31.5 Å². The molecule has 4 atom stereocenters. The third-order valence-electron chi connectivity index (χ3n) is 3.58. The molecule has 4 unspecified atom stereocenters. The maximum atomic E-state index is 11.5. The first kappa shape index (κ1) is 16.5. The van der Waals surface area contributed by atoms with E-state index in [1.807, 2.05) is 0 Å². The molecule has 1 aliphatic heterocycles. The van der Waals surface area contributed by atoms with E-state index in [-0.39, 0.29) is 18.1 Å². The molecular weight excluding hydrogens is 322 g/mol. The van der Waals surface area contributed by atoms with Crippen LogP contribution in [0.2, 0.25) is 0 Å². The molecule has 1 fully saturated rings. The Labute approximate surface area is 135 Å². The van der Waals surface area contributed by atoms with Gasteiger partial charge in [0.05, 0.1) is 13.2 Å². The zero-order valence-electron chi connectivity index (χ0n) is 12.7. The number of hydrogen-bond acceptors (Lipinski definition) is 9. The molecule has 2 aromatic rings. The molecule has 0 bridgehead atoms. The van der Waals surface area contributed by atoms with Crippen molar-refractivity contribution in [3.8, 4) is 0 Å². The topological polar surface area (TPSA) is 152 Å². The molecule has 3 rings (SSSR count). The van der Waals surface area contributed by atoms with Gasteiger partial charge in [0.1, 0.15) is 29.6 Å². The molecule has 0 spiro atoms. The molecular formula is C13H17N5O6. The molecule has 0 aliphatic carbocycles. The second-order valence-corrected chi connectivity index (χ2v) is 5.15. The van der Waals surface area contributed by atoms with Crippen LogP contribution < -0.4 is 5.32 Å². The number of nitrogens with one attached hydrogen (secondary N) is 1. The van der Waals surface area contributed by atoms with Crippen LogP contribution in [-0.4, -0.2) is 72.9 Å². The monoisotopic (exact) mass is 339 g/mol. The largest absolute Gasteiger partial charge is 0.450 e. The fourth-order valence-corrected chi connectivity index (χ4v) is 2.42. The van der Waals surface area contributed by atoms with Gasteiger partial charge in [-0.15, -0.1) is 5.10 Å². The van der Waals surface area contributed by atoms with Gasteiger partial charge in [-0.05, 0) is 19.1 Å². The Morgan fingerprint density at radius 1 is 1.42 bits per heavy atom. The molecule has 2 aromatic heterocycles. The van der Waals surface area contributed by atoms with Gasteiger partial charge in [-0.2, -0.15) is 4.68 Å². The minimum Gasteiger partial charge on any atom is -0.450 e. The fourth-order valence-electron chi connectivity index (χ4n) is 2.42. The van der Waals surface area contributed by atoms with E-state index in [2.05, 4.69) is 20.6 Å². The van der Waals surface area contributed by atoms with Gasteiger partial charge in [-0.25, -0.2) is 9.78 Å². The number of carbonyl (C=O) groups is 1. The van der Waals surface area contributed by atoms with Crippen molar-refractivity contribution in [3.63, 3.8) is 0 Å². The van der Waals surface area contributed by atoms with E-state index in [1.165, 1.54) is 10.7 Å². The summed E-state index contributed by atoms with van der Waals surface area (Å²) in [6.45, 7) is 1.44. The molecule has 11 heteroatoms. The van der Waals surface area contributed by atoms with Gasteiger partial charge in [-0.3, -0.25) is 5.32 Å². The Kier molecular flexibility index (Phi) is 4.57. The predicted molar refractivity (Wildman–Crippen MR) is 79.0 cm³/mol. The van der Waals surface area contributed by atoms with E-state index in [0.29, 0.717) is 5.52 Å². The molecule has 1 amide bonds. The van der Waals surface area contributed by atoms with Crippen LogP contribution in [0.15, 0.2) is 12.1 Å². The number of rotatable bonds is 4. The van der Waals surface area contributed by atoms with Crippen molar-refractivity contribution in [2.75, 3.05) is 18.5 Å². The van der Waals surface area contributed by atoms with Crippen LogP contribution >= 0.6 is 0 Å².